The fourth-order valence-corrected chi connectivity index (χ4v) is 2.87. The van der Waals surface area contributed by atoms with E-state index < -0.39 is 0 Å². The second-order valence-corrected chi connectivity index (χ2v) is 6.03. The van der Waals surface area contributed by atoms with Gasteiger partial charge in [0.1, 0.15) is 6.54 Å². The summed E-state index contributed by atoms with van der Waals surface area (Å²) in [4.78, 5) is 18.4. The van der Waals surface area contributed by atoms with E-state index in [1.165, 1.54) is 11.1 Å². The van der Waals surface area contributed by atoms with Crippen molar-refractivity contribution in [2.24, 2.45) is 10.7 Å². The van der Waals surface area contributed by atoms with Gasteiger partial charge in [-0.2, -0.15) is 0 Å². The molecule has 0 unspecified atom stereocenters. The number of anilines is 1. The van der Waals surface area contributed by atoms with Crippen LogP contribution in [0.4, 0.5) is 5.69 Å². The van der Waals surface area contributed by atoms with Crippen LogP contribution in [0.15, 0.2) is 53.5 Å². The summed E-state index contributed by atoms with van der Waals surface area (Å²) in [5.41, 5.74) is 10.4. The molecule has 3 rings (SSSR count). The lowest BCUT2D eigenvalue weighted by Gasteiger charge is -2.28. The highest BCUT2D eigenvalue weighted by atomic mass is 127. The number of nitrogens with zero attached hydrogens (tertiary/aromatic N) is 2. The third kappa shape index (κ3) is 5.19. The van der Waals surface area contributed by atoms with Crippen LogP contribution in [0.5, 0.6) is 0 Å². The van der Waals surface area contributed by atoms with Crippen LogP contribution in [0.2, 0.25) is 0 Å². The maximum Gasteiger partial charge on any atom is 0.244 e. The number of amides is 1. The van der Waals surface area contributed by atoms with Crippen LogP contribution in [-0.2, 0) is 17.8 Å². The molecule has 0 atom stereocenters. The van der Waals surface area contributed by atoms with E-state index in [-0.39, 0.29) is 42.4 Å². The lowest BCUT2D eigenvalue weighted by molar-refractivity contribution is -0.130. The Bertz CT molecular complexity index is 776. The molecule has 0 aliphatic carbocycles. The summed E-state index contributed by atoms with van der Waals surface area (Å²) < 4.78 is 0. The topological polar surface area (TPSA) is 70.7 Å². The predicted octanol–water partition coefficient (Wildman–Crippen LogP) is 2.92. The third-order valence-electron chi connectivity index (χ3n) is 4.16. The van der Waals surface area contributed by atoms with Crippen LogP contribution >= 0.6 is 24.0 Å². The minimum Gasteiger partial charge on any atom is -0.370 e. The molecule has 0 saturated heterocycles. The van der Waals surface area contributed by atoms with Crippen LogP contribution in [0.3, 0.4) is 0 Å². The standard InChI is InChI=1S/C19H22N4O.HI/c1-14-5-4-8-17(11-14)22-19(20)21-12-18(24)23-10-9-15-6-2-3-7-16(15)13-23;/h2-8,11H,9-10,12-13H2,1H3,(H3,20,21,22);1H. The smallest absolute Gasteiger partial charge is 0.244 e. The van der Waals surface area contributed by atoms with E-state index in [4.69, 9.17) is 5.73 Å². The van der Waals surface area contributed by atoms with Crippen LogP contribution in [0.1, 0.15) is 16.7 Å². The molecule has 0 saturated carbocycles. The van der Waals surface area contributed by atoms with Gasteiger partial charge in [0.25, 0.3) is 0 Å². The molecule has 2 aromatic rings. The Morgan fingerprint density at radius 2 is 1.96 bits per heavy atom. The molecule has 0 radical (unpaired) electrons. The van der Waals surface area contributed by atoms with Gasteiger partial charge in [0.2, 0.25) is 5.91 Å². The number of hydrogen-bond donors (Lipinski definition) is 2. The highest BCUT2D eigenvalue weighted by Gasteiger charge is 2.19. The van der Waals surface area contributed by atoms with Crippen molar-refractivity contribution in [2.45, 2.75) is 19.9 Å². The molecule has 25 heavy (non-hydrogen) atoms. The third-order valence-corrected chi connectivity index (χ3v) is 4.16. The fraction of sp³-hybridized carbons (Fsp3) is 0.263. The Morgan fingerprint density at radius 1 is 1.20 bits per heavy atom. The number of nitrogens with one attached hydrogen (secondary N) is 1. The molecule has 1 aliphatic heterocycles. The zero-order valence-electron chi connectivity index (χ0n) is 14.2. The van der Waals surface area contributed by atoms with Gasteiger partial charge in [-0.05, 0) is 42.2 Å². The molecule has 3 N–H and O–H groups in total. The van der Waals surface area contributed by atoms with Gasteiger partial charge in [-0.25, -0.2) is 4.99 Å². The summed E-state index contributed by atoms with van der Waals surface area (Å²) in [6.07, 6.45) is 0.892. The Kier molecular flexibility index (Phi) is 6.81. The molecule has 0 fully saturated rings. The first-order valence-electron chi connectivity index (χ1n) is 8.10. The average molecular weight is 450 g/mol. The zero-order valence-corrected chi connectivity index (χ0v) is 16.6. The van der Waals surface area contributed by atoms with Crippen molar-refractivity contribution < 1.29 is 4.79 Å². The summed E-state index contributed by atoms with van der Waals surface area (Å²) >= 11 is 0. The van der Waals surface area contributed by atoms with Crippen LogP contribution < -0.4 is 11.1 Å². The van der Waals surface area contributed by atoms with Crippen molar-refractivity contribution in [2.75, 3.05) is 18.4 Å². The Balaban J connectivity index is 0.00000225. The minimum absolute atomic E-state index is 0. The number of halogens is 1. The first kappa shape index (κ1) is 19.2. The highest BCUT2D eigenvalue weighted by Crippen LogP contribution is 2.18. The lowest BCUT2D eigenvalue weighted by Crippen LogP contribution is -2.38. The van der Waals surface area contributed by atoms with E-state index in [1.54, 1.807) is 0 Å². The van der Waals surface area contributed by atoms with Crippen molar-refractivity contribution in [1.29, 1.82) is 0 Å². The normalized spacial score (nSPS) is 13.6. The van der Waals surface area contributed by atoms with Gasteiger partial charge in [-0.3, -0.25) is 4.79 Å². The van der Waals surface area contributed by atoms with E-state index in [1.807, 2.05) is 48.2 Å². The summed E-state index contributed by atoms with van der Waals surface area (Å²) in [5, 5.41) is 3.01. The van der Waals surface area contributed by atoms with Crippen molar-refractivity contribution in [3.63, 3.8) is 0 Å². The second kappa shape index (κ2) is 8.84. The van der Waals surface area contributed by atoms with E-state index in [0.29, 0.717) is 6.54 Å². The van der Waals surface area contributed by atoms with Gasteiger partial charge in [-0.15, -0.1) is 24.0 Å². The van der Waals surface area contributed by atoms with Crippen LogP contribution in [0, 0.1) is 6.92 Å². The van der Waals surface area contributed by atoms with E-state index >= 15 is 0 Å². The Hall–Kier alpha value is -2.09. The maximum absolute atomic E-state index is 12.4. The minimum atomic E-state index is -0.00139. The summed E-state index contributed by atoms with van der Waals surface area (Å²) in [6, 6.07) is 16.1. The number of hydrogen-bond acceptors (Lipinski definition) is 2. The van der Waals surface area contributed by atoms with Crippen molar-refractivity contribution in [3.05, 3.63) is 65.2 Å². The zero-order chi connectivity index (χ0) is 16.9. The highest BCUT2D eigenvalue weighted by molar-refractivity contribution is 14.0. The van der Waals surface area contributed by atoms with E-state index in [2.05, 4.69) is 22.4 Å². The van der Waals surface area contributed by atoms with Gasteiger partial charge < -0.3 is 16.0 Å². The van der Waals surface area contributed by atoms with Gasteiger partial charge in [-0.1, -0.05) is 36.4 Å². The van der Waals surface area contributed by atoms with Crippen molar-refractivity contribution >= 4 is 41.5 Å². The number of aliphatic imine (C=N–C) groups is 1. The first-order valence-corrected chi connectivity index (χ1v) is 8.10. The van der Waals surface area contributed by atoms with E-state index in [0.717, 1.165) is 24.2 Å². The van der Waals surface area contributed by atoms with Gasteiger partial charge >= 0.3 is 0 Å². The maximum atomic E-state index is 12.4. The molecular formula is C19H23IN4O. The number of fused-ring (bicyclic) bond motifs is 1. The Morgan fingerprint density at radius 3 is 2.72 bits per heavy atom. The summed E-state index contributed by atoms with van der Waals surface area (Å²) in [6.45, 7) is 3.45. The largest absolute Gasteiger partial charge is 0.370 e. The number of carbonyl (C=O) groups is 1. The molecular weight excluding hydrogens is 427 g/mol. The molecule has 0 bridgehead atoms. The van der Waals surface area contributed by atoms with Crippen LogP contribution in [0.25, 0.3) is 0 Å². The molecule has 5 nitrogen and oxygen atoms in total. The van der Waals surface area contributed by atoms with Crippen molar-refractivity contribution in [3.8, 4) is 0 Å². The monoisotopic (exact) mass is 450 g/mol. The lowest BCUT2D eigenvalue weighted by atomic mass is 10.00. The molecule has 2 aromatic carbocycles. The van der Waals surface area contributed by atoms with Crippen LogP contribution in [-0.4, -0.2) is 29.9 Å². The number of nitrogens with two attached hydrogens (primary N) is 1. The van der Waals surface area contributed by atoms with Gasteiger partial charge in [0, 0.05) is 18.8 Å². The molecule has 0 spiro atoms. The molecule has 6 heteroatoms. The second-order valence-electron chi connectivity index (χ2n) is 6.03. The molecule has 1 amide bonds. The molecule has 1 heterocycles. The number of guanidine groups is 1. The summed E-state index contributed by atoms with van der Waals surface area (Å²) in [7, 11) is 0. The van der Waals surface area contributed by atoms with Crippen molar-refractivity contribution in [1.82, 2.24) is 4.90 Å². The Labute approximate surface area is 165 Å². The van der Waals surface area contributed by atoms with Gasteiger partial charge in [0.05, 0.1) is 0 Å². The SMILES string of the molecule is Cc1cccc(NC(N)=NCC(=O)N2CCc3ccccc3C2)c1.I. The van der Waals surface area contributed by atoms with E-state index in [9.17, 15) is 4.79 Å². The number of benzene rings is 2. The quantitative estimate of drug-likeness (QED) is 0.429. The summed E-state index contributed by atoms with van der Waals surface area (Å²) in [5.74, 6) is 0.254. The number of aryl methyl sites for hydroxylation is 1. The molecule has 0 aromatic heterocycles. The number of carbonyl (C=O) groups excluding carboxylic acids is 1. The van der Waals surface area contributed by atoms with Gasteiger partial charge in [0.15, 0.2) is 5.96 Å². The molecule has 132 valence electrons. The fourth-order valence-electron chi connectivity index (χ4n) is 2.87. The average Bonchev–Trinajstić information content (AvgIpc) is 2.59. The molecule has 1 aliphatic rings. The predicted molar refractivity (Wildman–Crippen MR) is 112 cm³/mol. The number of rotatable bonds is 3. The first-order chi connectivity index (χ1) is 11.6.